The zero-order valence-corrected chi connectivity index (χ0v) is 18.0. The van der Waals surface area contributed by atoms with Crippen LogP contribution in [0.3, 0.4) is 0 Å². The molecule has 0 bridgehead atoms. The summed E-state index contributed by atoms with van der Waals surface area (Å²) in [6, 6.07) is 11.7. The van der Waals surface area contributed by atoms with Gasteiger partial charge in [0.1, 0.15) is 11.6 Å². The minimum absolute atomic E-state index is 0.0712. The zero-order valence-electron chi connectivity index (χ0n) is 17.2. The first-order valence-electron chi connectivity index (χ1n) is 9.56. The third-order valence-corrected chi connectivity index (χ3v) is 5.68. The number of anilines is 1. The number of hydrogen-bond acceptors (Lipinski definition) is 8. The van der Waals surface area contributed by atoms with Crippen molar-refractivity contribution in [3.8, 4) is 17.5 Å². The number of rotatable bonds is 5. The minimum Gasteiger partial charge on any atom is -0.436 e. The number of benzene rings is 1. The summed E-state index contributed by atoms with van der Waals surface area (Å²) < 4.78 is 29.8. The Hall–Kier alpha value is -4.10. The number of nitrogens with one attached hydrogen (secondary N) is 1. The molecule has 0 unspecified atom stereocenters. The van der Waals surface area contributed by atoms with Crippen molar-refractivity contribution < 1.29 is 17.6 Å². The van der Waals surface area contributed by atoms with E-state index in [1.807, 2.05) is 25.1 Å². The summed E-state index contributed by atoms with van der Waals surface area (Å²) in [4.78, 5) is 25.4. The van der Waals surface area contributed by atoms with Crippen LogP contribution in [-0.4, -0.2) is 35.5 Å². The number of amides is 1. The van der Waals surface area contributed by atoms with Gasteiger partial charge in [0, 0.05) is 30.0 Å². The van der Waals surface area contributed by atoms with Crippen LogP contribution in [-0.2, 0) is 16.3 Å². The van der Waals surface area contributed by atoms with E-state index in [-0.39, 0.29) is 11.1 Å². The van der Waals surface area contributed by atoms with Crippen LogP contribution in [0.15, 0.2) is 58.2 Å². The second-order valence-electron chi connectivity index (χ2n) is 7.01. The average molecular weight is 447 g/mol. The van der Waals surface area contributed by atoms with E-state index in [0.717, 1.165) is 30.1 Å². The number of nitrogens with zero attached hydrogens (tertiary/aromatic N) is 4. The Bertz CT molecular complexity index is 1490. The van der Waals surface area contributed by atoms with Gasteiger partial charge < -0.3 is 9.73 Å². The van der Waals surface area contributed by atoms with Gasteiger partial charge in [-0.05, 0) is 42.8 Å². The molecule has 3 aromatic heterocycles. The van der Waals surface area contributed by atoms with Crippen LogP contribution in [0.2, 0.25) is 0 Å². The van der Waals surface area contributed by atoms with Gasteiger partial charge in [-0.1, -0.05) is 6.92 Å². The van der Waals surface area contributed by atoms with E-state index in [1.165, 1.54) is 6.07 Å². The van der Waals surface area contributed by atoms with E-state index in [4.69, 9.17) is 9.68 Å². The maximum Gasteiger partial charge on any atom is 0.258 e. The molecule has 0 saturated carbocycles. The summed E-state index contributed by atoms with van der Waals surface area (Å²) in [5, 5.41) is 11.3. The number of hydrogen-bond donors (Lipinski definition) is 1. The second-order valence-corrected chi connectivity index (χ2v) is 8.94. The lowest BCUT2D eigenvalue weighted by molar-refractivity contribution is 0.102. The first-order valence-corrected chi connectivity index (χ1v) is 11.4. The summed E-state index contributed by atoms with van der Waals surface area (Å²) in [6.07, 6.45) is 4.57. The normalized spacial score (nSPS) is 11.3. The van der Waals surface area contributed by atoms with Crippen molar-refractivity contribution in [2.45, 2.75) is 18.4 Å². The van der Waals surface area contributed by atoms with Gasteiger partial charge in [0.15, 0.2) is 20.4 Å². The lowest BCUT2D eigenvalue weighted by atomic mass is 10.2. The minimum atomic E-state index is -3.78. The molecule has 10 heteroatoms. The first-order chi connectivity index (χ1) is 15.3. The summed E-state index contributed by atoms with van der Waals surface area (Å²) >= 11 is 0. The van der Waals surface area contributed by atoms with Crippen LogP contribution in [0, 0.1) is 11.3 Å². The van der Waals surface area contributed by atoms with Crippen molar-refractivity contribution in [1.29, 1.82) is 5.26 Å². The highest BCUT2D eigenvalue weighted by Gasteiger charge is 2.22. The Morgan fingerprint density at radius 2 is 1.97 bits per heavy atom. The smallest absolute Gasteiger partial charge is 0.258 e. The van der Waals surface area contributed by atoms with Crippen LogP contribution in [0.4, 0.5) is 5.69 Å². The molecule has 0 radical (unpaired) electrons. The Morgan fingerprint density at radius 3 is 2.62 bits per heavy atom. The monoisotopic (exact) mass is 447 g/mol. The van der Waals surface area contributed by atoms with Crippen LogP contribution < -0.4 is 5.32 Å². The van der Waals surface area contributed by atoms with Crippen LogP contribution in [0.1, 0.15) is 28.5 Å². The Balaban J connectivity index is 1.65. The second kappa shape index (κ2) is 8.20. The molecule has 0 aliphatic carbocycles. The summed E-state index contributed by atoms with van der Waals surface area (Å²) in [7, 11) is -3.78. The number of oxazole rings is 1. The lowest BCUT2D eigenvalue weighted by Crippen LogP contribution is -2.17. The maximum absolute atomic E-state index is 12.8. The van der Waals surface area contributed by atoms with Crippen LogP contribution in [0.25, 0.3) is 22.6 Å². The first kappa shape index (κ1) is 21.1. The van der Waals surface area contributed by atoms with Crippen molar-refractivity contribution in [2.24, 2.45) is 0 Å². The molecule has 0 aliphatic heterocycles. The molecule has 1 aromatic carbocycles. The third kappa shape index (κ3) is 4.19. The molecule has 160 valence electrons. The van der Waals surface area contributed by atoms with Gasteiger partial charge in [0.2, 0.25) is 5.89 Å². The molecule has 0 spiro atoms. The van der Waals surface area contributed by atoms with Crippen molar-refractivity contribution in [3.63, 3.8) is 0 Å². The van der Waals surface area contributed by atoms with E-state index in [2.05, 4.69) is 20.3 Å². The number of aromatic nitrogens is 3. The van der Waals surface area contributed by atoms with Gasteiger partial charge >= 0.3 is 0 Å². The van der Waals surface area contributed by atoms with Crippen LogP contribution >= 0.6 is 0 Å². The molecule has 4 aromatic rings. The number of carbonyl (C=O) groups is 1. The molecule has 32 heavy (non-hydrogen) atoms. The predicted octanol–water partition coefficient (Wildman–Crippen LogP) is 3.37. The quantitative estimate of drug-likeness (QED) is 0.491. The number of pyridine rings is 2. The molecular weight excluding hydrogens is 430 g/mol. The molecule has 1 amide bonds. The van der Waals surface area contributed by atoms with Crippen molar-refractivity contribution in [3.05, 3.63) is 65.6 Å². The number of aryl methyl sites for hydroxylation is 1. The van der Waals surface area contributed by atoms with Crippen LogP contribution in [0.5, 0.6) is 0 Å². The van der Waals surface area contributed by atoms with E-state index >= 15 is 0 Å². The Kier molecular flexibility index (Phi) is 5.42. The molecule has 4 rings (SSSR count). The topological polar surface area (TPSA) is 139 Å². The molecule has 0 fully saturated rings. The summed E-state index contributed by atoms with van der Waals surface area (Å²) in [5.74, 6) is -0.318. The summed E-state index contributed by atoms with van der Waals surface area (Å²) in [6.45, 7) is 2.02. The van der Waals surface area contributed by atoms with Crippen molar-refractivity contribution >= 4 is 32.5 Å². The van der Waals surface area contributed by atoms with E-state index in [0.29, 0.717) is 22.7 Å². The fourth-order valence-corrected chi connectivity index (χ4v) is 3.85. The number of sulfone groups is 1. The highest BCUT2D eigenvalue weighted by Crippen LogP contribution is 2.26. The highest BCUT2D eigenvalue weighted by molar-refractivity contribution is 7.90. The van der Waals surface area contributed by atoms with Crippen molar-refractivity contribution in [2.75, 3.05) is 11.6 Å². The highest BCUT2D eigenvalue weighted by atomic mass is 32.2. The van der Waals surface area contributed by atoms with E-state index < -0.39 is 20.8 Å². The Morgan fingerprint density at radius 1 is 1.16 bits per heavy atom. The summed E-state index contributed by atoms with van der Waals surface area (Å²) in [5.41, 5.74) is 2.94. The number of carbonyl (C=O) groups excluding carboxylic acids is 1. The third-order valence-electron chi connectivity index (χ3n) is 4.66. The van der Waals surface area contributed by atoms with Gasteiger partial charge in [-0.3, -0.25) is 9.78 Å². The fraction of sp³-hybridized carbons (Fsp3) is 0.136. The fourth-order valence-electron chi connectivity index (χ4n) is 3.06. The molecule has 9 nitrogen and oxygen atoms in total. The van der Waals surface area contributed by atoms with Gasteiger partial charge in [-0.15, -0.1) is 0 Å². The standard InChI is InChI=1S/C22H17N5O4S/c1-3-15-5-4-14(12-24-15)21-27-18-9-16(6-7-19(18)31-21)26-20(28)17-8-13(10-23)11-25-22(17)32(2,29)30/h4-9,11-12H,3H2,1-2H3,(H,26,28). The average Bonchev–Trinajstić information content (AvgIpc) is 3.21. The van der Waals surface area contributed by atoms with Crippen molar-refractivity contribution in [1.82, 2.24) is 15.0 Å². The molecule has 3 heterocycles. The maximum atomic E-state index is 12.8. The van der Waals surface area contributed by atoms with Gasteiger partial charge in [0.25, 0.3) is 5.91 Å². The Labute approximate surface area is 183 Å². The van der Waals surface area contributed by atoms with E-state index in [1.54, 1.807) is 24.4 Å². The molecule has 1 N–H and O–H groups in total. The molecular formula is C22H17N5O4S. The van der Waals surface area contributed by atoms with Gasteiger partial charge in [-0.25, -0.2) is 18.4 Å². The zero-order chi connectivity index (χ0) is 22.9. The molecule has 0 saturated heterocycles. The van der Waals surface area contributed by atoms with Gasteiger partial charge in [0.05, 0.1) is 16.7 Å². The number of fused-ring (bicyclic) bond motifs is 1. The molecule has 0 aliphatic rings. The SMILES string of the molecule is CCc1ccc(-c2nc3cc(NC(=O)c4cc(C#N)cnc4S(C)(=O)=O)ccc3o2)cn1. The largest absolute Gasteiger partial charge is 0.436 e. The number of nitriles is 1. The van der Waals surface area contributed by atoms with E-state index in [9.17, 15) is 13.2 Å². The molecule has 0 atom stereocenters. The lowest BCUT2D eigenvalue weighted by Gasteiger charge is -2.08. The van der Waals surface area contributed by atoms with Gasteiger partial charge in [-0.2, -0.15) is 5.26 Å². The predicted molar refractivity (Wildman–Crippen MR) is 117 cm³/mol.